The third-order valence-corrected chi connectivity index (χ3v) is 6.39. The minimum atomic E-state index is -0.611. The summed E-state index contributed by atoms with van der Waals surface area (Å²) >= 11 is 1.34. The molecule has 1 unspecified atom stereocenters. The van der Waals surface area contributed by atoms with Crippen molar-refractivity contribution in [1.29, 1.82) is 0 Å². The number of ether oxygens (including phenoxy) is 2. The van der Waals surface area contributed by atoms with Crippen molar-refractivity contribution in [3.05, 3.63) is 65.0 Å². The highest BCUT2D eigenvalue weighted by Gasteiger charge is 2.31. The molecule has 1 aliphatic heterocycles. The number of anilines is 1. The van der Waals surface area contributed by atoms with Gasteiger partial charge in [-0.25, -0.2) is 4.98 Å². The van der Waals surface area contributed by atoms with Crippen LogP contribution in [0.15, 0.2) is 52.4 Å². The lowest BCUT2D eigenvalue weighted by Crippen LogP contribution is -2.29. The van der Waals surface area contributed by atoms with Crippen molar-refractivity contribution in [1.82, 2.24) is 20.0 Å². The molecule has 2 aromatic heterocycles. The Bertz CT molecular complexity index is 1410. The molecule has 1 saturated heterocycles. The fraction of sp³-hybridized carbons (Fsp3) is 0.240. The lowest BCUT2D eigenvalue weighted by atomic mass is 10.1. The standard InChI is InChI=1S/C25H23N5O5S/c1-14-13-36-25(26-14)28-23(31)17-10-19(12-20(11-17)34-21-8-9-30(3)24(21)32)33-18-6-4-16(5-7-18)22-27-15(2)35-29-22/h4-7,10-13,21H,8-9H2,1-3H3,(H,26,28,31). The van der Waals surface area contributed by atoms with Crippen LogP contribution in [0.3, 0.4) is 0 Å². The number of amides is 2. The van der Waals surface area contributed by atoms with Crippen molar-refractivity contribution in [3.63, 3.8) is 0 Å². The third kappa shape index (κ3) is 5.20. The van der Waals surface area contributed by atoms with E-state index in [0.29, 0.717) is 52.6 Å². The zero-order valence-corrected chi connectivity index (χ0v) is 20.7. The van der Waals surface area contributed by atoms with Gasteiger partial charge in [-0.15, -0.1) is 11.3 Å². The van der Waals surface area contributed by atoms with Gasteiger partial charge >= 0.3 is 0 Å². The first kappa shape index (κ1) is 23.5. The Labute approximate surface area is 210 Å². The largest absolute Gasteiger partial charge is 0.480 e. The van der Waals surface area contributed by atoms with Crippen LogP contribution in [0.5, 0.6) is 17.2 Å². The lowest BCUT2D eigenvalue weighted by molar-refractivity contribution is -0.132. The first-order valence-electron chi connectivity index (χ1n) is 11.2. The highest BCUT2D eigenvalue weighted by Crippen LogP contribution is 2.31. The van der Waals surface area contributed by atoms with Crippen LogP contribution in [-0.2, 0) is 4.79 Å². The van der Waals surface area contributed by atoms with Gasteiger partial charge in [-0.1, -0.05) is 5.16 Å². The van der Waals surface area contributed by atoms with Gasteiger partial charge in [-0.2, -0.15) is 4.98 Å². The van der Waals surface area contributed by atoms with Crippen LogP contribution in [0.2, 0.25) is 0 Å². The molecule has 1 atom stereocenters. The highest BCUT2D eigenvalue weighted by molar-refractivity contribution is 7.13. The van der Waals surface area contributed by atoms with Crippen LogP contribution >= 0.6 is 11.3 Å². The average molecular weight is 506 g/mol. The van der Waals surface area contributed by atoms with E-state index >= 15 is 0 Å². The molecule has 0 radical (unpaired) electrons. The monoisotopic (exact) mass is 505 g/mol. The normalized spacial score (nSPS) is 15.2. The number of aromatic nitrogens is 3. The van der Waals surface area contributed by atoms with Crippen LogP contribution < -0.4 is 14.8 Å². The molecule has 2 amide bonds. The summed E-state index contributed by atoms with van der Waals surface area (Å²) in [7, 11) is 1.74. The second-order valence-corrected chi connectivity index (χ2v) is 9.22. The zero-order valence-electron chi connectivity index (χ0n) is 19.8. The molecule has 4 aromatic rings. The molecule has 10 nitrogen and oxygen atoms in total. The maximum Gasteiger partial charge on any atom is 0.263 e. The molecule has 0 bridgehead atoms. The Morgan fingerprint density at radius 3 is 2.53 bits per heavy atom. The zero-order chi connectivity index (χ0) is 25.2. The molecule has 0 aliphatic carbocycles. The molecule has 0 spiro atoms. The minimum absolute atomic E-state index is 0.0992. The van der Waals surface area contributed by atoms with Gasteiger partial charge < -0.3 is 18.9 Å². The first-order valence-corrected chi connectivity index (χ1v) is 12.1. The molecule has 1 aliphatic rings. The molecule has 3 heterocycles. The van der Waals surface area contributed by atoms with Crippen molar-refractivity contribution in [2.24, 2.45) is 0 Å². The summed E-state index contributed by atoms with van der Waals surface area (Å²) in [5.41, 5.74) is 1.91. The second-order valence-electron chi connectivity index (χ2n) is 8.36. The average Bonchev–Trinajstić information content (AvgIpc) is 3.56. The fourth-order valence-corrected chi connectivity index (χ4v) is 4.38. The smallest absolute Gasteiger partial charge is 0.263 e. The molecule has 1 fully saturated rings. The number of carbonyl (C=O) groups is 2. The van der Waals surface area contributed by atoms with E-state index < -0.39 is 6.10 Å². The first-order chi connectivity index (χ1) is 17.3. The van der Waals surface area contributed by atoms with Crippen molar-refractivity contribution in [2.75, 3.05) is 18.9 Å². The number of nitrogens with zero attached hydrogens (tertiary/aromatic N) is 4. The molecule has 1 N–H and O–H groups in total. The number of benzene rings is 2. The number of likely N-dealkylation sites (tertiary alicyclic amines) is 1. The number of hydrogen-bond donors (Lipinski definition) is 1. The van der Waals surface area contributed by atoms with E-state index in [9.17, 15) is 9.59 Å². The molecule has 36 heavy (non-hydrogen) atoms. The molecule has 184 valence electrons. The SMILES string of the molecule is Cc1csc(NC(=O)c2cc(Oc3ccc(-c4noc(C)n4)cc3)cc(OC3CCN(C)C3=O)c2)n1. The number of carbonyl (C=O) groups excluding carboxylic acids is 2. The van der Waals surface area contributed by atoms with Crippen LogP contribution in [-0.4, -0.2) is 51.5 Å². The fourth-order valence-electron chi connectivity index (χ4n) is 3.70. The Morgan fingerprint density at radius 1 is 1.11 bits per heavy atom. The third-order valence-electron chi connectivity index (χ3n) is 5.51. The molecular formula is C25H23N5O5S. The Hall–Kier alpha value is -4.25. The summed E-state index contributed by atoms with van der Waals surface area (Å²) in [5.74, 6) is 1.78. The second kappa shape index (κ2) is 9.78. The van der Waals surface area contributed by atoms with E-state index in [1.165, 1.54) is 11.3 Å². The van der Waals surface area contributed by atoms with Crippen molar-refractivity contribution < 1.29 is 23.6 Å². The van der Waals surface area contributed by atoms with Crippen molar-refractivity contribution in [2.45, 2.75) is 26.4 Å². The van der Waals surface area contributed by atoms with E-state index in [-0.39, 0.29) is 11.8 Å². The van der Waals surface area contributed by atoms with Gasteiger partial charge in [0, 0.05) is 49.5 Å². The van der Waals surface area contributed by atoms with Crippen LogP contribution in [0.1, 0.15) is 28.4 Å². The van der Waals surface area contributed by atoms with Crippen molar-refractivity contribution >= 4 is 28.3 Å². The van der Waals surface area contributed by atoms with Gasteiger partial charge in [0.1, 0.15) is 17.2 Å². The summed E-state index contributed by atoms with van der Waals surface area (Å²) < 4.78 is 17.0. The maximum absolute atomic E-state index is 13.0. The van der Waals surface area contributed by atoms with Gasteiger partial charge in [-0.05, 0) is 43.3 Å². The molecule has 5 rings (SSSR count). The van der Waals surface area contributed by atoms with E-state index in [1.54, 1.807) is 49.2 Å². The molecule has 11 heteroatoms. The number of hydrogen-bond acceptors (Lipinski definition) is 9. The number of thiazole rings is 1. The van der Waals surface area contributed by atoms with Gasteiger partial charge in [0.25, 0.3) is 11.8 Å². The molecular weight excluding hydrogens is 482 g/mol. The Kier molecular flexibility index (Phi) is 6.38. The predicted molar refractivity (Wildman–Crippen MR) is 132 cm³/mol. The molecule has 0 saturated carbocycles. The summed E-state index contributed by atoms with van der Waals surface area (Å²) in [5, 5.41) is 9.05. The van der Waals surface area contributed by atoms with Crippen LogP contribution in [0.25, 0.3) is 11.4 Å². The number of likely N-dealkylation sites (N-methyl/N-ethyl adjacent to an activating group) is 1. The number of aryl methyl sites for hydroxylation is 2. The van der Waals surface area contributed by atoms with Gasteiger partial charge in [0.2, 0.25) is 11.7 Å². The Morgan fingerprint density at radius 2 is 1.89 bits per heavy atom. The van der Waals surface area contributed by atoms with Gasteiger partial charge in [0.05, 0.1) is 5.69 Å². The molecule has 2 aromatic carbocycles. The predicted octanol–water partition coefficient (Wildman–Crippen LogP) is 4.46. The summed E-state index contributed by atoms with van der Waals surface area (Å²) in [6, 6.07) is 12.0. The minimum Gasteiger partial charge on any atom is -0.480 e. The summed E-state index contributed by atoms with van der Waals surface area (Å²) in [6.07, 6.45) is -0.0438. The quantitative estimate of drug-likeness (QED) is 0.391. The van der Waals surface area contributed by atoms with Gasteiger partial charge in [-0.3, -0.25) is 14.9 Å². The van der Waals surface area contributed by atoms with Gasteiger partial charge in [0.15, 0.2) is 11.2 Å². The summed E-state index contributed by atoms with van der Waals surface area (Å²) in [4.78, 5) is 35.5. The lowest BCUT2D eigenvalue weighted by Gasteiger charge is -2.15. The number of rotatable bonds is 7. The maximum atomic E-state index is 13.0. The van der Waals surface area contributed by atoms with E-state index in [2.05, 4.69) is 20.4 Å². The van der Waals surface area contributed by atoms with E-state index in [1.807, 2.05) is 24.4 Å². The van der Waals surface area contributed by atoms with Crippen molar-refractivity contribution in [3.8, 4) is 28.6 Å². The van der Waals surface area contributed by atoms with E-state index in [0.717, 1.165) is 11.3 Å². The van der Waals surface area contributed by atoms with Crippen LogP contribution in [0, 0.1) is 13.8 Å². The Balaban J connectivity index is 1.40. The summed E-state index contributed by atoms with van der Waals surface area (Å²) in [6.45, 7) is 4.19. The number of nitrogens with one attached hydrogen (secondary N) is 1. The topological polar surface area (TPSA) is 120 Å². The van der Waals surface area contributed by atoms with E-state index in [4.69, 9.17) is 14.0 Å². The van der Waals surface area contributed by atoms with Crippen LogP contribution in [0.4, 0.5) is 5.13 Å². The highest BCUT2D eigenvalue weighted by atomic mass is 32.1.